The summed E-state index contributed by atoms with van der Waals surface area (Å²) in [4.78, 5) is 4.89. The highest BCUT2D eigenvalue weighted by atomic mass is 32.2. The maximum Gasteiger partial charge on any atom is 0.243 e. The predicted molar refractivity (Wildman–Crippen MR) is 152 cm³/mol. The van der Waals surface area contributed by atoms with Gasteiger partial charge in [0, 0.05) is 42.5 Å². The molecule has 3 heterocycles. The molecule has 0 N–H and O–H groups in total. The first-order chi connectivity index (χ1) is 19.0. The van der Waals surface area contributed by atoms with Crippen molar-refractivity contribution in [2.75, 3.05) is 20.2 Å². The van der Waals surface area contributed by atoms with Gasteiger partial charge in [-0.25, -0.2) is 13.1 Å². The number of benzene rings is 3. The van der Waals surface area contributed by atoms with E-state index in [0.717, 1.165) is 41.5 Å². The number of fused-ring (bicyclic) bond motifs is 1. The molecule has 1 aliphatic rings. The molecule has 1 saturated heterocycles. The Balaban J connectivity index is 1.37. The molecule has 0 radical (unpaired) electrons. The zero-order chi connectivity index (χ0) is 26.8. The number of aromatic nitrogens is 2. The highest BCUT2D eigenvalue weighted by Gasteiger charge is 2.26. The van der Waals surface area contributed by atoms with Gasteiger partial charge in [0.2, 0.25) is 10.0 Å². The van der Waals surface area contributed by atoms with Crippen molar-refractivity contribution in [2.45, 2.75) is 24.2 Å². The molecule has 0 unspecified atom stereocenters. The first kappa shape index (κ1) is 25.1. The molecule has 0 spiro atoms. The topological polar surface area (TPSA) is 89.9 Å². The molecule has 1 fully saturated rings. The summed E-state index contributed by atoms with van der Waals surface area (Å²) in [6.07, 6.45) is 6.40. The van der Waals surface area contributed by atoms with Gasteiger partial charge in [0.1, 0.15) is 22.7 Å². The molecule has 198 valence electrons. The Morgan fingerprint density at radius 1 is 0.949 bits per heavy atom. The summed E-state index contributed by atoms with van der Waals surface area (Å²) < 4.78 is 41.3. The first-order valence-corrected chi connectivity index (χ1v) is 14.3. The molecule has 3 aromatic carbocycles. The fourth-order valence-electron chi connectivity index (χ4n) is 4.80. The van der Waals surface area contributed by atoms with Crippen LogP contribution >= 0.6 is 0 Å². The number of piperidine rings is 1. The number of ether oxygens (including phenoxy) is 1. The standard InChI is InChI=1S/C30H28N4O4S/c1-37-28-19-25(39(35,36)33-16-8-3-9-17-33)14-15-26(28)31-20-23-21-34(24-11-4-2-5-12-24)32-30(23)29-18-22-10-6-7-13-27(22)38-29/h2,4-7,10-15,18-21H,3,8-9,16-17H2,1H3. The van der Waals surface area contributed by atoms with Crippen LogP contribution in [0, 0.1) is 0 Å². The minimum atomic E-state index is -3.59. The summed E-state index contributed by atoms with van der Waals surface area (Å²) >= 11 is 0. The van der Waals surface area contributed by atoms with Crippen LogP contribution < -0.4 is 4.74 Å². The van der Waals surface area contributed by atoms with Crippen LogP contribution in [-0.2, 0) is 10.0 Å². The highest BCUT2D eigenvalue weighted by Crippen LogP contribution is 2.33. The molecule has 8 nitrogen and oxygen atoms in total. The number of furan rings is 1. The van der Waals surface area contributed by atoms with Crippen molar-refractivity contribution in [2.24, 2.45) is 4.99 Å². The van der Waals surface area contributed by atoms with Gasteiger partial charge in [-0.2, -0.15) is 9.40 Å². The smallest absolute Gasteiger partial charge is 0.243 e. The number of para-hydroxylation sites is 2. The Morgan fingerprint density at radius 3 is 2.49 bits per heavy atom. The Morgan fingerprint density at radius 2 is 1.72 bits per heavy atom. The summed E-state index contributed by atoms with van der Waals surface area (Å²) in [6, 6.07) is 24.4. The molecule has 39 heavy (non-hydrogen) atoms. The molecule has 6 rings (SSSR count). The van der Waals surface area contributed by atoms with Crippen LogP contribution in [-0.4, -0.2) is 48.9 Å². The van der Waals surface area contributed by atoms with E-state index in [1.165, 1.54) is 7.11 Å². The predicted octanol–water partition coefficient (Wildman–Crippen LogP) is 6.22. The summed E-state index contributed by atoms with van der Waals surface area (Å²) in [5.74, 6) is 1.01. The summed E-state index contributed by atoms with van der Waals surface area (Å²) in [5.41, 5.74) is 3.57. The lowest BCUT2D eigenvalue weighted by Gasteiger charge is -2.26. The van der Waals surface area contributed by atoms with E-state index in [-0.39, 0.29) is 4.90 Å². The van der Waals surface area contributed by atoms with Crippen molar-refractivity contribution in [3.8, 4) is 22.9 Å². The fraction of sp³-hybridized carbons (Fsp3) is 0.200. The van der Waals surface area contributed by atoms with E-state index in [9.17, 15) is 8.42 Å². The molecule has 2 aromatic heterocycles. The quantitative estimate of drug-likeness (QED) is 0.229. The minimum Gasteiger partial charge on any atom is -0.494 e. The van der Waals surface area contributed by atoms with Crippen LogP contribution in [0.15, 0.2) is 99.4 Å². The second-order valence-corrected chi connectivity index (χ2v) is 11.4. The monoisotopic (exact) mass is 540 g/mol. The molecule has 0 amide bonds. The van der Waals surface area contributed by atoms with E-state index in [4.69, 9.17) is 14.3 Å². The third-order valence-electron chi connectivity index (χ3n) is 6.87. The molecule has 9 heteroatoms. The van der Waals surface area contributed by atoms with Gasteiger partial charge in [0.05, 0.1) is 17.7 Å². The number of hydrogen-bond donors (Lipinski definition) is 0. The zero-order valence-electron chi connectivity index (χ0n) is 21.5. The first-order valence-electron chi connectivity index (χ1n) is 12.9. The van der Waals surface area contributed by atoms with Gasteiger partial charge in [-0.15, -0.1) is 0 Å². The summed E-state index contributed by atoms with van der Waals surface area (Å²) in [7, 11) is -2.07. The Hall–Kier alpha value is -4.21. The van der Waals surface area contributed by atoms with Gasteiger partial charge in [-0.1, -0.05) is 42.8 Å². The van der Waals surface area contributed by atoms with Crippen LogP contribution in [0.1, 0.15) is 24.8 Å². The lowest BCUT2D eigenvalue weighted by atomic mass is 10.2. The molecule has 0 atom stereocenters. The van der Waals surface area contributed by atoms with Crippen LogP contribution in [0.2, 0.25) is 0 Å². The SMILES string of the molecule is COc1cc(S(=O)(=O)N2CCCCC2)ccc1N=Cc1cn(-c2ccccc2)nc1-c1cc2ccccc2o1. The van der Waals surface area contributed by atoms with E-state index in [0.29, 0.717) is 36.0 Å². The number of aliphatic imine (C=N–C) groups is 1. The molecule has 0 bridgehead atoms. The van der Waals surface area contributed by atoms with Crippen LogP contribution in [0.5, 0.6) is 5.75 Å². The molecule has 0 saturated carbocycles. The van der Waals surface area contributed by atoms with Crippen molar-refractivity contribution >= 4 is 32.9 Å². The van der Waals surface area contributed by atoms with E-state index >= 15 is 0 Å². The van der Waals surface area contributed by atoms with Gasteiger partial charge in [0.25, 0.3) is 0 Å². The van der Waals surface area contributed by atoms with E-state index in [2.05, 4.69) is 4.99 Å². The van der Waals surface area contributed by atoms with Crippen molar-refractivity contribution in [3.05, 3.63) is 90.6 Å². The van der Waals surface area contributed by atoms with E-state index < -0.39 is 10.0 Å². The van der Waals surface area contributed by atoms with Crippen molar-refractivity contribution in [3.63, 3.8) is 0 Å². The van der Waals surface area contributed by atoms with Gasteiger partial charge in [0.15, 0.2) is 5.76 Å². The van der Waals surface area contributed by atoms with Gasteiger partial charge in [-0.05, 0) is 49.2 Å². The van der Waals surface area contributed by atoms with Crippen molar-refractivity contribution in [1.29, 1.82) is 0 Å². The Labute approximate surface area is 227 Å². The Bertz CT molecular complexity index is 1720. The zero-order valence-corrected chi connectivity index (χ0v) is 22.3. The Kier molecular flexibility index (Phi) is 6.76. The summed E-state index contributed by atoms with van der Waals surface area (Å²) in [6.45, 7) is 1.08. The second kappa shape index (κ2) is 10.5. The maximum atomic E-state index is 13.2. The number of hydrogen-bond acceptors (Lipinski definition) is 6. The molecule has 0 aliphatic carbocycles. The van der Waals surface area contributed by atoms with Gasteiger partial charge in [-0.3, -0.25) is 4.99 Å². The number of nitrogens with zero attached hydrogens (tertiary/aromatic N) is 4. The van der Waals surface area contributed by atoms with Crippen LogP contribution in [0.4, 0.5) is 5.69 Å². The number of rotatable bonds is 7. The third-order valence-corrected chi connectivity index (χ3v) is 8.76. The molecule has 5 aromatic rings. The highest BCUT2D eigenvalue weighted by molar-refractivity contribution is 7.89. The third kappa shape index (κ3) is 4.98. The maximum absolute atomic E-state index is 13.2. The summed E-state index contributed by atoms with van der Waals surface area (Å²) in [5, 5.41) is 5.80. The van der Waals surface area contributed by atoms with Gasteiger partial charge < -0.3 is 9.15 Å². The molecular formula is C30H28N4O4S. The lowest BCUT2D eigenvalue weighted by Crippen LogP contribution is -2.35. The van der Waals surface area contributed by atoms with Crippen LogP contribution in [0.3, 0.4) is 0 Å². The number of methoxy groups -OCH3 is 1. The molecule has 1 aliphatic heterocycles. The van der Waals surface area contributed by atoms with Crippen LogP contribution in [0.25, 0.3) is 28.1 Å². The second-order valence-electron chi connectivity index (χ2n) is 9.42. The largest absolute Gasteiger partial charge is 0.494 e. The van der Waals surface area contributed by atoms with E-state index in [1.54, 1.807) is 33.4 Å². The lowest BCUT2D eigenvalue weighted by molar-refractivity contribution is 0.346. The average molecular weight is 541 g/mol. The van der Waals surface area contributed by atoms with Crippen molar-refractivity contribution in [1.82, 2.24) is 14.1 Å². The minimum absolute atomic E-state index is 0.208. The van der Waals surface area contributed by atoms with Gasteiger partial charge >= 0.3 is 0 Å². The van der Waals surface area contributed by atoms with Crippen molar-refractivity contribution < 1.29 is 17.6 Å². The molecular weight excluding hydrogens is 512 g/mol. The van der Waals surface area contributed by atoms with E-state index in [1.807, 2.05) is 66.9 Å². The normalized spacial score (nSPS) is 14.8. The number of sulfonamides is 1. The average Bonchev–Trinajstić information content (AvgIpc) is 3.61. The fourth-order valence-corrected chi connectivity index (χ4v) is 6.34.